The lowest BCUT2D eigenvalue weighted by Crippen LogP contribution is -2.15. The van der Waals surface area contributed by atoms with Crippen molar-refractivity contribution in [3.8, 4) is 5.69 Å². The predicted molar refractivity (Wildman–Crippen MR) is 67.9 cm³/mol. The van der Waals surface area contributed by atoms with Gasteiger partial charge in [0.25, 0.3) is 0 Å². The standard InChI is InChI=1S/C11H9Cl2N3O/c12-7-11(17)15-10-4-5-14-16(10)9-3-1-2-8(13)6-9/h1-6H,7H2,(H,15,17). The van der Waals surface area contributed by atoms with E-state index in [1.165, 1.54) is 0 Å². The monoisotopic (exact) mass is 269 g/mol. The van der Waals surface area contributed by atoms with Crippen molar-refractivity contribution in [2.45, 2.75) is 0 Å². The van der Waals surface area contributed by atoms with Crippen molar-refractivity contribution in [3.05, 3.63) is 41.6 Å². The van der Waals surface area contributed by atoms with Gasteiger partial charge in [-0.3, -0.25) is 4.79 Å². The van der Waals surface area contributed by atoms with E-state index in [2.05, 4.69) is 10.4 Å². The highest BCUT2D eigenvalue weighted by Gasteiger charge is 2.07. The second-order valence-corrected chi connectivity index (χ2v) is 3.99. The van der Waals surface area contributed by atoms with Gasteiger partial charge < -0.3 is 5.32 Å². The van der Waals surface area contributed by atoms with Crippen molar-refractivity contribution < 1.29 is 4.79 Å². The quantitative estimate of drug-likeness (QED) is 0.871. The Bertz CT molecular complexity index is 539. The second-order valence-electron chi connectivity index (χ2n) is 3.29. The van der Waals surface area contributed by atoms with E-state index >= 15 is 0 Å². The smallest absolute Gasteiger partial charge is 0.240 e. The first-order valence-corrected chi connectivity index (χ1v) is 5.78. The maximum absolute atomic E-state index is 11.2. The van der Waals surface area contributed by atoms with Gasteiger partial charge in [0.1, 0.15) is 11.7 Å². The Morgan fingerprint density at radius 2 is 2.24 bits per heavy atom. The van der Waals surface area contributed by atoms with E-state index in [1.807, 2.05) is 12.1 Å². The molecule has 4 nitrogen and oxygen atoms in total. The van der Waals surface area contributed by atoms with Gasteiger partial charge in [-0.1, -0.05) is 17.7 Å². The fraction of sp³-hybridized carbons (Fsp3) is 0.0909. The summed E-state index contributed by atoms with van der Waals surface area (Å²) in [7, 11) is 0. The molecule has 1 aromatic carbocycles. The van der Waals surface area contributed by atoms with Gasteiger partial charge in [0, 0.05) is 11.1 Å². The summed E-state index contributed by atoms with van der Waals surface area (Å²) >= 11 is 11.3. The fourth-order valence-corrected chi connectivity index (χ4v) is 1.64. The molecule has 0 saturated heterocycles. The third-order valence-corrected chi connectivity index (χ3v) is 2.56. The SMILES string of the molecule is O=C(CCl)Nc1ccnn1-c1cccc(Cl)c1. The summed E-state index contributed by atoms with van der Waals surface area (Å²) in [5.41, 5.74) is 0.771. The highest BCUT2D eigenvalue weighted by atomic mass is 35.5. The Labute approximate surface area is 108 Å². The molecule has 88 valence electrons. The molecule has 0 spiro atoms. The molecule has 0 atom stereocenters. The molecule has 0 aliphatic carbocycles. The number of alkyl halides is 1. The zero-order valence-corrected chi connectivity index (χ0v) is 10.2. The van der Waals surface area contributed by atoms with Crippen molar-refractivity contribution >= 4 is 34.9 Å². The van der Waals surface area contributed by atoms with E-state index < -0.39 is 0 Å². The number of amides is 1. The van der Waals surface area contributed by atoms with Gasteiger partial charge >= 0.3 is 0 Å². The zero-order chi connectivity index (χ0) is 12.3. The summed E-state index contributed by atoms with van der Waals surface area (Å²) in [6.07, 6.45) is 1.59. The number of halogens is 2. The lowest BCUT2D eigenvalue weighted by atomic mass is 10.3. The van der Waals surface area contributed by atoms with Gasteiger partial charge in [-0.2, -0.15) is 5.10 Å². The van der Waals surface area contributed by atoms with E-state index in [9.17, 15) is 4.79 Å². The van der Waals surface area contributed by atoms with Crippen molar-refractivity contribution in [2.75, 3.05) is 11.2 Å². The van der Waals surface area contributed by atoms with Gasteiger partial charge in [0.15, 0.2) is 0 Å². The Morgan fingerprint density at radius 3 is 2.94 bits per heavy atom. The highest BCUT2D eigenvalue weighted by molar-refractivity contribution is 6.30. The summed E-state index contributed by atoms with van der Waals surface area (Å²) in [5.74, 6) is 0.175. The van der Waals surface area contributed by atoms with Gasteiger partial charge in [-0.05, 0) is 18.2 Å². The number of aromatic nitrogens is 2. The highest BCUT2D eigenvalue weighted by Crippen LogP contribution is 2.18. The van der Waals surface area contributed by atoms with E-state index in [0.29, 0.717) is 10.8 Å². The van der Waals surface area contributed by atoms with Gasteiger partial charge in [-0.15, -0.1) is 11.6 Å². The fourth-order valence-electron chi connectivity index (χ4n) is 1.39. The average molecular weight is 270 g/mol. The zero-order valence-electron chi connectivity index (χ0n) is 8.73. The molecule has 2 rings (SSSR count). The average Bonchev–Trinajstić information content (AvgIpc) is 2.77. The summed E-state index contributed by atoms with van der Waals surface area (Å²) < 4.78 is 1.58. The molecular weight excluding hydrogens is 261 g/mol. The molecule has 1 amide bonds. The third kappa shape index (κ3) is 2.78. The largest absolute Gasteiger partial charge is 0.310 e. The lowest BCUT2D eigenvalue weighted by molar-refractivity contribution is -0.113. The number of rotatable bonds is 3. The minimum absolute atomic E-state index is 0.0965. The topological polar surface area (TPSA) is 46.9 Å². The van der Waals surface area contributed by atoms with E-state index in [4.69, 9.17) is 23.2 Å². The molecule has 2 aromatic rings. The molecule has 1 N–H and O–H groups in total. The first-order chi connectivity index (χ1) is 8.20. The molecule has 0 aliphatic heterocycles. The van der Waals surface area contributed by atoms with Crippen LogP contribution >= 0.6 is 23.2 Å². The number of anilines is 1. The van der Waals surface area contributed by atoms with Crippen LogP contribution in [0, 0.1) is 0 Å². The number of nitrogens with zero attached hydrogens (tertiary/aromatic N) is 2. The Kier molecular flexibility index (Phi) is 3.66. The second kappa shape index (κ2) is 5.21. The van der Waals surface area contributed by atoms with Crippen LogP contribution in [0.25, 0.3) is 5.69 Å². The van der Waals surface area contributed by atoms with E-state index in [1.54, 1.807) is 29.1 Å². The number of carbonyl (C=O) groups excluding carboxylic acids is 1. The summed E-state index contributed by atoms with van der Waals surface area (Å²) in [6, 6.07) is 8.86. The first kappa shape index (κ1) is 12.0. The maximum atomic E-state index is 11.2. The molecule has 6 heteroatoms. The van der Waals surface area contributed by atoms with Gasteiger partial charge in [-0.25, -0.2) is 4.68 Å². The van der Waals surface area contributed by atoms with Gasteiger partial charge in [0.05, 0.1) is 11.9 Å². The Morgan fingerprint density at radius 1 is 1.41 bits per heavy atom. The molecule has 0 radical (unpaired) electrons. The van der Waals surface area contributed by atoms with Crippen LogP contribution in [0.5, 0.6) is 0 Å². The van der Waals surface area contributed by atoms with Crippen LogP contribution in [0.3, 0.4) is 0 Å². The van der Waals surface area contributed by atoms with Crippen molar-refractivity contribution in [1.29, 1.82) is 0 Å². The molecular formula is C11H9Cl2N3O. The molecule has 1 heterocycles. The minimum Gasteiger partial charge on any atom is -0.310 e. The normalized spacial score (nSPS) is 10.2. The molecule has 0 fully saturated rings. The van der Waals surface area contributed by atoms with Gasteiger partial charge in [0.2, 0.25) is 5.91 Å². The van der Waals surface area contributed by atoms with Crippen LogP contribution in [0.15, 0.2) is 36.5 Å². The molecule has 1 aromatic heterocycles. The Hall–Kier alpha value is -1.52. The number of benzene rings is 1. The van der Waals surface area contributed by atoms with Crippen LogP contribution in [-0.4, -0.2) is 21.6 Å². The van der Waals surface area contributed by atoms with Crippen LogP contribution < -0.4 is 5.32 Å². The summed E-state index contributed by atoms with van der Waals surface area (Å²) in [5, 5.41) is 7.36. The van der Waals surface area contributed by atoms with Crippen LogP contribution in [0.1, 0.15) is 0 Å². The molecule has 0 aliphatic rings. The van der Waals surface area contributed by atoms with Crippen molar-refractivity contribution in [2.24, 2.45) is 0 Å². The third-order valence-electron chi connectivity index (χ3n) is 2.08. The van der Waals surface area contributed by atoms with Crippen molar-refractivity contribution in [3.63, 3.8) is 0 Å². The first-order valence-electron chi connectivity index (χ1n) is 4.86. The lowest BCUT2D eigenvalue weighted by Gasteiger charge is -2.08. The van der Waals surface area contributed by atoms with Crippen LogP contribution in [0.4, 0.5) is 5.82 Å². The number of hydrogen-bond donors (Lipinski definition) is 1. The molecule has 0 saturated carbocycles. The maximum Gasteiger partial charge on any atom is 0.240 e. The number of hydrogen-bond acceptors (Lipinski definition) is 2. The van der Waals surface area contributed by atoms with Crippen LogP contribution in [-0.2, 0) is 4.79 Å². The molecule has 17 heavy (non-hydrogen) atoms. The molecule has 0 unspecified atom stereocenters. The number of nitrogens with one attached hydrogen (secondary N) is 1. The molecule has 0 bridgehead atoms. The minimum atomic E-state index is -0.282. The van der Waals surface area contributed by atoms with E-state index in [-0.39, 0.29) is 11.8 Å². The summed E-state index contributed by atoms with van der Waals surface area (Å²) in [4.78, 5) is 11.2. The number of carbonyl (C=O) groups is 1. The Balaban J connectivity index is 2.33. The van der Waals surface area contributed by atoms with Crippen molar-refractivity contribution in [1.82, 2.24) is 9.78 Å². The predicted octanol–water partition coefficient (Wildman–Crippen LogP) is 2.70. The van der Waals surface area contributed by atoms with E-state index in [0.717, 1.165) is 5.69 Å². The summed E-state index contributed by atoms with van der Waals surface area (Å²) in [6.45, 7) is 0. The van der Waals surface area contributed by atoms with Crippen LogP contribution in [0.2, 0.25) is 5.02 Å².